The number of ether oxygens (including phenoxy) is 1. The van der Waals surface area contributed by atoms with Gasteiger partial charge < -0.3 is 14.9 Å². The molecule has 36 heavy (non-hydrogen) atoms. The zero-order valence-electron chi connectivity index (χ0n) is 17.6. The van der Waals surface area contributed by atoms with E-state index in [1.165, 1.54) is 12.4 Å². The Hall–Kier alpha value is -2.12. The zero-order chi connectivity index (χ0) is 26.2. The molecule has 3 N–H and O–H groups in total. The van der Waals surface area contributed by atoms with Crippen LogP contribution in [0.3, 0.4) is 0 Å². The summed E-state index contributed by atoms with van der Waals surface area (Å²) in [5.41, 5.74) is -1.60. The largest absolute Gasteiger partial charge is 0.397 e. The molecular weight excluding hydrogens is 597 g/mol. The van der Waals surface area contributed by atoms with E-state index in [4.69, 9.17) is 8.92 Å². The van der Waals surface area contributed by atoms with Gasteiger partial charge in [0.2, 0.25) is 0 Å². The summed E-state index contributed by atoms with van der Waals surface area (Å²) in [6.07, 6.45) is -0.514. The van der Waals surface area contributed by atoms with Crippen molar-refractivity contribution in [3.05, 3.63) is 58.7 Å². The third kappa shape index (κ3) is 5.88. The van der Waals surface area contributed by atoms with Crippen molar-refractivity contribution in [3.63, 3.8) is 0 Å². The molecule has 17 heteroatoms. The number of rotatable bonds is 7. The van der Waals surface area contributed by atoms with Crippen molar-refractivity contribution in [2.45, 2.75) is 34.7 Å². The van der Waals surface area contributed by atoms with Crippen LogP contribution in [0.1, 0.15) is 6.04 Å². The van der Waals surface area contributed by atoms with Crippen LogP contribution in [0.5, 0.6) is 0 Å². The van der Waals surface area contributed by atoms with E-state index in [0.29, 0.717) is 21.5 Å². The maximum absolute atomic E-state index is 13.7. The smallest absolute Gasteiger partial charge is 0.394 e. The molecule has 1 aliphatic rings. The predicted molar refractivity (Wildman–Crippen MR) is 120 cm³/mol. The number of nitrogens with zero attached hydrogens (tertiary/aromatic N) is 4. The van der Waals surface area contributed by atoms with Crippen LogP contribution in [0.4, 0.5) is 13.2 Å². The maximum Gasteiger partial charge on any atom is 0.397 e. The minimum atomic E-state index is -5.10. The summed E-state index contributed by atoms with van der Waals surface area (Å²) < 4.78 is 85.5. The maximum atomic E-state index is 13.7. The van der Waals surface area contributed by atoms with Crippen LogP contribution in [0.25, 0.3) is 11.3 Å². The summed E-state index contributed by atoms with van der Waals surface area (Å²) in [6.45, 7) is -0.694. The number of aliphatic hydroxyl groups is 2. The topological polar surface area (TPSA) is 157 Å². The molecule has 1 aliphatic heterocycles. The molecule has 0 aliphatic carbocycles. The molecule has 0 spiro atoms. The normalized spacial score (nSPS) is 24.7. The highest BCUT2D eigenvalue weighted by Crippen LogP contribution is 2.40. The van der Waals surface area contributed by atoms with E-state index in [9.17, 15) is 36.4 Å². The fraction of sp³-hybridized carbons (Fsp3) is 0.316. The van der Waals surface area contributed by atoms with E-state index < -0.39 is 64.2 Å². The van der Waals surface area contributed by atoms with Gasteiger partial charge in [-0.1, -0.05) is 17.0 Å². The van der Waals surface area contributed by atoms with E-state index in [1.54, 1.807) is 6.07 Å². The molecule has 194 valence electrons. The summed E-state index contributed by atoms with van der Waals surface area (Å²) in [4.78, 5) is 4.47. The Morgan fingerprint density at radius 1 is 1.19 bits per heavy atom. The molecule has 1 aromatic carbocycles. The van der Waals surface area contributed by atoms with E-state index in [1.807, 2.05) is 0 Å². The molecule has 3 heterocycles. The molecule has 0 bridgehead atoms. The summed E-state index contributed by atoms with van der Waals surface area (Å²) in [5, 5.41) is 28.2. The molecule has 0 radical (unpaired) electrons. The number of hydrogen-bond acceptors (Lipinski definition) is 10. The van der Waals surface area contributed by atoms with Crippen LogP contribution in [0, 0.1) is 17.5 Å². The highest BCUT2D eigenvalue weighted by molar-refractivity contribution is 9.10. The number of aliphatic hydroxyl groups excluding tert-OH is 2. The van der Waals surface area contributed by atoms with Gasteiger partial charge in [-0.05, 0) is 34.1 Å². The summed E-state index contributed by atoms with van der Waals surface area (Å²) >= 11 is 4.17. The third-order valence-corrected chi connectivity index (χ3v) is 7.09. The lowest BCUT2D eigenvalue weighted by atomic mass is 9.97. The molecule has 11 nitrogen and oxygen atoms in total. The van der Waals surface area contributed by atoms with Gasteiger partial charge in [0.15, 0.2) is 17.5 Å². The monoisotopic (exact) mass is 612 g/mol. The SMILES string of the molecule is O=S(=O)(O)OC1C(Sc2cncc(Br)c2)OC(CO)C(O)C1n1cc(-c2cc(F)c(F)c(F)c2)nn1. The fourth-order valence-electron chi connectivity index (χ4n) is 3.55. The van der Waals surface area contributed by atoms with Gasteiger partial charge in [0.25, 0.3) is 0 Å². The first-order chi connectivity index (χ1) is 17.0. The lowest BCUT2D eigenvalue weighted by Crippen LogP contribution is -2.56. The fourth-order valence-corrected chi connectivity index (χ4v) is 5.77. The Morgan fingerprint density at radius 2 is 1.89 bits per heavy atom. The Balaban J connectivity index is 1.75. The average molecular weight is 613 g/mol. The number of hydrogen-bond donors (Lipinski definition) is 3. The molecule has 3 aromatic rings. The molecule has 1 fully saturated rings. The lowest BCUT2D eigenvalue weighted by molar-refractivity contribution is -0.172. The Morgan fingerprint density at radius 3 is 2.50 bits per heavy atom. The van der Waals surface area contributed by atoms with Crippen molar-refractivity contribution in [2.75, 3.05) is 6.61 Å². The predicted octanol–water partition coefficient (Wildman–Crippen LogP) is 2.12. The van der Waals surface area contributed by atoms with Crippen LogP contribution in [-0.2, 0) is 19.3 Å². The second kappa shape index (κ2) is 10.7. The third-order valence-electron chi connectivity index (χ3n) is 5.08. The minimum Gasteiger partial charge on any atom is -0.394 e. The molecule has 4 rings (SSSR count). The second-order valence-corrected chi connectivity index (χ2v) is 10.6. The molecule has 2 aromatic heterocycles. The van der Waals surface area contributed by atoms with Crippen molar-refractivity contribution >= 4 is 38.1 Å². The molecule has 0 saturated carbocycles. The quantitative estimate of drug-likeness (QED) is 0.265. The van der Waals surface area contributed by atoms with Gasteiger partial charge >= 0.3 is 10.4 Å². The number of pyridine rings is 1. The Kier molecular flexibility index (Phi) is 8.01. The summed E-state index contributed by atoms with van der Waals surface area (Å²) in [7, 11) is -5.10. The molecular formula is C19H16BrF3N4O7S2. The van der Waals surface area contributed by atoms with Gasteiger partial charge in [-0.15, -0.1) is 5.10 Å². The number of thioether (sulfide) groups is 1. The molecule has 5 atom stereocenters. The van der Waals surface area contributed by atoms with Gasteiger partial charge in [-0.2, -0.15) is 8.42 Å². The highest BCUT2D eigenvalue weighted by atomic mass is 79.9. The first-order valence-corrected chi connectivity index (χ1v) is 12.9. The minimum absolute atomic E-state index is 0.155. The second-order valence-electron chi connectivity index (χ2n) is 7.49. The van der Waals surface area contributed by atoms with Crippen molar-refractivity contribution in [2.24, 2.45) is 0 Å². The first-order valence-electron chi connectivity index (χ1n) is 9.91. The number of halogens is 4. The van der Waals surface area contributed by atoms with Crippen molar-refractivity contribution in [3.8, 4) is 11.3 Å². The number of benzene rings is 1. The Labute approximate surface area is 214 Å². The zero-order valence-corrected chi connectivity index (χ0v) is 20.9. The van der Waals surface area contributed by atoms with Gasteiger partial charge in [-0.25, -0.2) is 22.0 Å². The van der Waals surface area contributed by atoms with E-state index >= 15 is 0 Å². The van der Waals surface area contributed by atoms with Crippen molar-refractivity contribution < 1.29 is 45.3 Å². The van der Waals surface area contributed by atoms with E-state index in [0.717, 1.165) is 22.6 Å². The van der Waals surface area contributed by atoms with E-state index in [-0.39, 0.29) is 11.3 Å². The van der Waals surface area contributed by atoms with Crippen LogP contribution in [-0.4, -0.2) is 73.5 Å². The average Bonchev–Trinajstić information content (AvgIpc) is 3.28. The van der Waals surface area contributed by atoms with Gasteiger partial charge in [0.1, 0.15) is 35.5 Å². The number of aromatic nitrogens is 4. The van der Waals surface area contributed by atoms with Crippen LogP contribution in [0.2, 0.25) is 0 Å². The van der Waals surface area contributed by atoms with Crippen LogP contribution in [0.15, 0.2) is 46.2 Å². The first kappa shape index (κ1) is 26.9. The van der Waals surface area contributed by atoms with Crippen molar-refractivity contribution in [1.82, 2.24) is 20.0 Å². The van der Waals surface area contributed by atoms with Crippen LogP contribution < -0.4 is 0 Å². The lowest BCUT2D eigenvalue weighted by Gasteiger charge is -2.42. The Bertz CT molecular complexity index is 1340. The summed E-state index contributed by atoms with van der Waals surface area (Å²) in [6, 6.07) is 1.54. The van der Waals surface area contributed by atoms with Gasteiger partial charge in [0, 0.05) is 27.3 Å². The van der Waals surface area contributed by atoms with Gasteiger partial charge in [0.05, 0.1) is 12.8 Å². The van der Waals surface area contributed by atoms with Gasteiger partial charge in [-0.3, -0.25) is 9.54 Å². The standard InChI is InChI=1S/C19H16BrF3N4O7S2/c20-9-3-10(5-24-4-9)35-19-18(34-36(30,31)32)16(17(29)14(7-28)33-19)27-6-13(25-26-27)8-1-11(21)15(23)12(22)2-8/h1-6,14,16-19,28-29H,7H2,(H,30,31,32). The highest BCUT2D eigenvalue weighted by Gasteiger charge is 2.49. The van der Waals surface area contributed by atoms with Crippen LogP contribution >= 0.6 is 27.7 Å². The van der Waals surface area contributed by atoms with Crippen molar-refractivity contribution in [1.29, 1.82) is 0 Å². The molecule has 0 amide bonds. The molecule has 5 unspecified atom stereocenters. The summed E-state index contributed by atoms with van der Waals surface area (Å²) in [5.74, 6) is -4.63. The van der Waals surface area contributed by atoms with E-state index in [2.05, 4.69) is 31.2 Å². The molecule has 1 saturated heterocycles.